The van der Waals surface area contributed by atoms with Crippen LogP contribution in [0, 0.1) is 0 Å². The zero-order valence-corrected chi connectivity index (χ0v) is 9.92. The third-order valence-corrected chi connectivity index (χ3v) is 3.38. The minimum absolute atomic E-state index is 0.425. The normalized spacial score (nSPS) is 12.9. The summed E-state index contributed by atoms with van der Waals surface area (Å²) >= 11 is 1.75. The van der Waals surface area contributed by atoms with Crippen molar-refractivity contribution in [3.63, 3.8) is 0 Å². The molecule has 0 saturated heterocycles. The van der Waals surface area contributed by atoms with Gasteiger partial charge in [-0.3, -0.25) is 0 Å². The summed E-state index contributed by atoms with van der Waals surface area (Å²) in [5.74, 6) is 0. The lowest BCUT2D eigenvalue weighted by molar-refractivity contribution is 0.649. The number of hydrogen-bond acceptors (Lipinski definition) is 2. The average Bonchev–Trinajstić information content (AvgIpc) is 2.88. The van der Waals surface area contributed by atoms with Gasteiger partial charge in [-0.25, -0.2) is 0 Å². The quantitative estimate of drug-likeness (QED) is 0.838. The average molecular weight is 220 g/mol. The Bertz CT molecular complexity index is 403. The van der Waals surface area contributed by atoms with E-state index in [1.165, 1.54) is 11.1 Å². The predicted molar refractivity (Wildman–Crippen MR) is 65.3 cm³/mol. The Morgan fingerprint density at radius 2 is 2.33 bits per heavy atom. The summed E-state index contributed by atoms with van der Waals surface area (Å²) in [5.41, 5.74) is 2.71. The van der Waals surface area contributed by atoms with Crippen molar-refractivity contribution >= 4 is 11.3 Å². The molecule has 15 heavy (non-hydrogen) atoms. The molecule has 0 aliphatic carbocycles. The second kappa shape index (κ2) is 4.64. The van der Waals surface area contributed by atoms with Gasteiger partial charge in [0.25, 0.3) is 0 Å². The van der Waals surface area contributed by atoms with E-state index < -0.39 is 0 Å². The van der Waals surface area contributed by atoms with Crippen LogP contribution in [0.2, 0.25) is 0 Å². The van der Waals surface area contributed by atoms with E-state index in [0.29, 0.717) is 6.04 Å². The standard InChI is InChI=1S/C12H16N2S/c1-10(13-2)12-3-5-14(8-12)7-11-4-6-15-9-11/h3-6,8-10,13H,7H2,1-2H3. The molecule has 0 bridgehead atoms. The van der Waals surface area contributed by atoms with E-state index in [1.807, 2.05) is 7.05 Å². The van der Waals surface area contributed by atoms with Crippen LogP contribution in [0.1, 0.15) is 24.1 Å². The molecule has 80 valence electrons. The van der Waals surface area contributed by atoms with Gasteiger partial charge in [0.2, 0.25) is 0 Å². The van der Waals surface area contributed by atoms with E-state index in [2.05, 4.69) is 52.1 Å². The molecule has 0 aromatic carbocycles. The van der Waals surface area contributed by atoms with Gasteiger partial charge in [0, 0.05) is 25.0 Å². The van der Waals surface area contributed by atoms with E-state index in [0.717, 1.165) is 6.54 Å². The molecule has 0 aliphatic heterocycles. The Balaban J connectivity index is 2.07. The van der Waals surface area contributed by atoms with Crippen molar-refractivity contribution in [2.24, 2.45) is 0 Å². The molecule has 2 aromatic rings. The van der Waals surface area contributed by atoms with E-state index in [1.54, 1.807) is 11.3 Å². The zero-order chi connectivity index (χ0) is 10.7. The lowest BCUT2D eigenvalue weighted by Gasteiger charge is -2.06. The van der Waals surface area contributed by atoms with Crippen molar-refractivity contribution in [2.75, 3.05) is 7.05 Å². The number of nitrogens with one attached hydrogen (secondary N) is 1. The van der Waals surface area contributed by atoms with Gasteiger partial charge in [0.15, 0.2) is 0 Å². The predicted octanol–water partition coefficient (Wildman–Crippen LogP) is 2.88. The van der Waals surface area contributed by atoms with Crippen LogP contribution >= 0.6 is 11.3 Å². The molecule has 2 heterocycles. The summed E-state index contributed by atoms with van der Waals surface area (Å²) < 4.78 is 2.23. The lowest BCUT2D eigenvalue weighted by Crippen LogP contribution is -2.11. The number of rotatable bonds is 4. The minimum Gasteiger partial charge on any atom is -0.350 e. The van der Waals surface area contributed by atoms with Crippen LogP contribution in [0.3, 0.4) is 0 Å². The highest BCUT2D eigenvalue weighted by molar-refractivity contribution is 7.07. The van der Waals surface area contributed by atoms with Crippen LogP contribution in [0.4, 0.5) is 0 Å². The molecule has 2 rings (SSSR count). The maximum atomic E-state index is 3.24. The highest BCUT2D eigenvalue weighted by atomic mass is 32.1. The van der Waals surface area contributed by atoms with Crippen molar-refractivity contribution in [3.05, 3.63) is 46.4 Å². The highest BCUT2D eigenvalue weighted by Crippen LogP contribution is 2.14. The SMILES string of the molecule is CNC(C)c1ccn(Cc2ccsc2)c1. The fourth-order valence-electron chi connectivity index (χ4n) is 1.57. The van der Waals surface area contributed by atoms with Gasteiger partial charge in [-0.1, -0.05) is 0 Å². The Hall–Kier alpha value is -1.06. The molecular formula is C12H16N2S. The third kappa shape index (κ3) is 2.49. The Morgan fingerprint density at radius 3 is 3.00 bits per heavy atom. The molecule has 0 aliphatic rings. The Morgan fingerprint density at radius 1 is 1.47 bits per heavy atom. The fourth-order valence-corrected chi connectivity index (χ4v) is 2.23. The summed E-state index contributed by atoms with van der Waals surface area (Å²) in [6, 6.07) is 4.77. The summed E-state index contributed by atoms with van der Waals surface area (Å²) in [6.45, 7) is 3.14. The number of nitrogens with zero attached hydrogens (tertiary/aromatic N) is 1. The van der Waals surface area contributed by atoms with Gasteiger partial charge in [-0.15, -0.1) is 0 Å². The summed E-state index contributed by atoms with van der Waals surface area (Å²) in [7, 11) is 1.99. The molecule has 0 spiro atoms. The van der Waals surface area contributed by atoms with Crippen LogP contribution in [0.15, 0.2) is 35.3 Å². The minimum atomic E-state index is 0.425. The molecule has 1 unspecified atom stereocenters. The largest absolute Gasteiger partial charge is 0.350 e. The fraction of sp³-hybridized carbons (Fsp3) is 0.333. The maximum absolute atomic E-state index is 3.24. The third-order valence-electron chi connectivity index (χ3n) is 2.65. The van der Waals surface area contributed by atoms with Gasteiger partial charge in [0.05, 0.1) is 0 Å². The first-order valence-corrected chi connectivity index (χ1v) is 6.08. The van der Waals surface area contributed by atoms with Crippen molar-refractivity contribution in [2.45, 2.75) is 19.5 Å². The van der Waals surface area contributed by atoms with E-state index >= 15 is 0 Å². The molecule has 3 heteroatoms. The van der Waals surface area contributed by atoms with Gasteiger partial charge >= 0.3 is 0 Å². The first kappa shape index (κ1) is 10.5. The van der Waals surface area contributed by atoms with Crippen molar-refractivity contribution in [1.29, 1.82) is 0 Å². The van der Waals surface area contributed by atoms with E-state index in [4.69, 9.17) is 0 Å². The van der Waals surface area contributed by atoms with Crippen LogP contribution in [-0.4, -0.2) is 11.6 Å². The molecule has 2 aromatic heterocycles. The van der Waals surface area contributed by atoms with Gasteiger partial charge in [-0.05, 0) is 48.0 Å². The summed E-state index contributed by atoms with van der Waals surface area (Å²) in [5, 5.41) is 7.56. The molecule has 0 radical (unpaired) electrons. The zero-order valence-electron chi connectivity index (χ0n) is 9.10. The van der Waals surface area contributed by atoms with Crippen LogP contribution in [0.25, 0.3) is 0 Å². The summed E-state index contributed by atoms with van der Waals surface area (Å²) in [4.78, 5) is 0. The summed E-state index contributed by atoms with van der Waals surface area (Å²) in [6.07, 6.45) is 4.35. The molecule has 0 amide bonds. The molecule has 1 N–H and O–H groups in total. The van der Waals surface area contributed by atoms with E-state index in [-0.39, 0.29) is 0 Å². The topological polar surface area (TPSA) is 17.0 Å². The second-order valence-electron chi connectivity index (χ2n) is 3.76. The molecular weight excluding hydrogens is 204 g/mol. The maximum Gasteiger partial charge on any atom is 0.0478 e. The van der Waals surface area contributed by atoms with Gasteiger partial charge in [-0.2, -0.15) is 11.3 Å². The van der Waals surface area contributed by atoms with Gasteiger partial charge in [0.1, 0.15) is 0 Å². The monoisotopic (exact) mass is 220 g/mol. The van der Waals surface area contributed by atoms with Crippen LogP contribution in [0.5, 0.6) is 0 Å². The van der Waals surface area contributed by atoms with Crippen LogP contribution in [-0.2, 0) is 6.54 Å². The molecule has 2 nitrogen and oxygen atoms in total. The van der Waals surface area contributed by atoms with Crippen molar-refractivity contribution in [3.8, 4) is 0 Å². The Labute approximate surface area is 94.6 Å². The number of thiophene rings is 1. The molecule has 1 atom stereocenters. The highest BCUT2D eigenvalue weighted by Gasteiger charge is 2.04. The number of hydrogen-bond donors (Lipinski definition) is 1. The first-order chi connectivity index (χ1) is 7.29. The number of aromatic nitrogens is 1. The first-order valence-electron chi connectivity index (χ1n) is 5.13. The van der Waals surface area contributed by atoms with Gasteiger partial charge < -0.3 is 9.88 Å². The molecule has 0 fully saturated rings. The van der Waals surface area contributed by atoms with Crippen molar-refractivity contribution < 1.29 is 0 Å². The van der Waals surface area contributed by atoms with E-state index in [9.17, 15) is 0 Å². The lowest BCUT2D eigenvalue weighted by atomic mass is 10.2. The molecule has 0 saturated carbocycles. The Kier molecular flexibility index (Phi) is 3.23. The van der Waals surface area contributed by atoms with Crippen molar-refractivity contribution in [1.82, 2.24) is 9.88 Å². The van der Waals surface area contributed by atoms with Crippen LogP contribution < -0.4 is 5.32 Å². The second-order valence-corrected chi connectivity index (χ2v) is 4.54. The smallest absolute Gasteiger partial charge is 0.0478 e.